The Bertz CT molecular complexity index is 720. The minimum Gasteiger partial charge on any atom is -0.472 e. The number of nitrogens with zero attached hydrogens (tertiary/aromatic N) is 1. The third kappa shape index (κ3) is 2.91. The van der Waals surface area contributed by atoms with Gasteiger partial charge in [-0.05, 0) is 40.8 Å². The van der Waals surface area contributed by atoms with Crippen LogP contribution >= 0.6 is 33.9 Å². The molecule has 0 fully saturated rings. The van der Waals surface area contributed by atoms with Gasteiger partial charge in [-0.1, -0.05) is 12.1 Å². The molecule has 0 aliphatic carbocycles. The minimum atomic E-state index is -0.220. The Morgan fingerprint density at radius 1 is 1.25 bits per heavy atom. The zero-order chi connectivity index (χ0) is 13.9. The molecule has 3 aromatic rings. The van der Waals surface area contributed by atoms with E-state index in [1.54, 1.807) is 6.07 Å². The molecule has 4 nitrogen and oxygen atoms in total. The van der Waals surface area contributed by atoms with Gasteiger partial charge in [0.1, 0.15) is 6.26 Å². The topological polar surface area (TPSA) is 55.1 Å². The standard InChI is InChI=1S/C14H9IN2O2S/c15-11-3-1-9(2-4-11)12-8-20-14(16-12)17-13(18)10-5-6-19-7-10/h1-8H,(H,16,17,18). The van der Waals surface area contributed by atoms with Crippen LogP contribution in [-0.4, -0.2) is 10.9 Å². The number of rotatable bonds is 3. The summed E-state index contributed by atoms with van der Waals surface area (Å²) in [4.78, 5) is 16.3. The fraction of sp³-hybridized carbons (Fsp3) is 0. The van der Waals surface area contributed by atoms with Crippen LogP contribution in [0, 0.1) is 3.57 Å². The number of aromatic nitrogens is 1. The number of benzene rings is 1. The van der Waals surface area contributed by atoms with Crippen LogP contribution in [0.4, 0.5) is 5.13 Å². The van der Waals surface area contributed by atoms with Crippen LogP contribution in [0.1, 0.15) is 10.4 Å². The number of thiazole rings is 1. The molecule has 1 amide bonds. The number of carbonyl (C=O) groups is 1. The van der Waals surface area contributed by atoms with Crippen molar-refractivity contribution in [3.05, 3.63) is 57.4 Å². The summed E-state index contributed by atoms with van der Waals surface area (Å²) < 4.78 is 6.06. The molecule has 0 saturated carbocycles. The van der Waals surface area contributed by atoms with Crippen molar-refractivity contribution in [2.75, 3.05) is 5.32 Å². The predicted octanol–water partition coefficient (Wildman–Crippen LogP) is 4.26. The maximum absolute atomic E-state index is 11.9. The zero-order valence-corrected chi connectivity index (χ0v) is 13.1. The van der Waals surface area contributed by atoms with Crippen LogP contribution in [-0.2, 0) is 0 Å². The summed E-state index contributed by atoms with van der Waals surface area (Å²) in [5.74, 6) is -0.220. The number of anilines is 1. The van der Waals surface area contributed by atoms with E-state index in [1.165, 1.54) is 27.4 Å². The van der Waals surface area contributed by atoms with Gasteiger partial charge in [0, 0.05) is 14.5 Å². The van der Waals surface area contributed by atoms with E-state index in [1.807, 2.05) is 29.6 Å². The Hall–Kier alpha value is -1.67. The summed E-state index contributed by atoms with van der Waals surface area (Å²) in [6.45, 7) is 0. The lowest BCUT2D eigenvalue weighted by atomic mass is 10.2. The summed E-state index contributed by atoms with van der Waals surface area (Å²) in [6.07, 6.45) is 2.87. The third-order valence-electron chi connectivity index (χ3n) is 2.65. The van der Waals surface area contributed by atoms with Crippen molar-refractivity contribution in [3.8, 4) is 11.3 Å². The van der Waals surface area contributed by atoms with Gasteiger partial charge in [-0.3, -0.25) is 10.1 Å². The number of furan rings is 1. The van der Waals surface area contributed by atoms with Crippen molar-refractivity contribution >= 4 is 45.0 Å². The first-order valence-corrected chi connectivity index (χ1v) is 7.73. The van der Waals surface area contributed by atoms with Crippen molar-refractivity contribution in [2.24, 2.45) is 0 Å². The quantitative estimate of drug-likeness (QED) is 0.674. The molecule has 0 aliphatic heterocycles. The molecule has 2 aromatic heterocycles. The number of amides is 1. The van der Waals surface area contributed by atoms with Gasteiger partial charge in [0.2, 0.25) is 0 Å². The molecular weight excluding hydrogens is 387 g/mol. The molecular formula is C14H9IN2O2S. The zero-order valence-electron chi connectivity index (χ0n) is 10.2. The minimum absolute atomic E-state index is 0.220. The number of nitrogens with one attached hydrogen (secondary N) is 1. The van der Waals surface area contributed by atoms with Gasteiger partial charge in [0.15, 0.2) is 5.13 Å². The second-order valence-corrected chi connectivity index (χ2v) is 6.11. The van der Waals surface area contributed by atoms with Gasteiger partial charge in [-0.15, -0.1) is 11.3 Å². The second kappa shape index (κ2) is 5.76. The largest absolute Gasteiger partial charge is 0.472 e. The highest BCUT2D eigenvalue weighted by molar-refractivity contribution is 14.1. The Kier molecular flexibility index (Phi) is 3.83. The molecule has 1 aromatic carbocycles. The number of hydrogen-bond acceptors (Lipinski definition) is 4. The summed E-state index contributed by atoms with van der Waals surface area (Å²) >= 11 is 3.66. The molecule has 20 heavy (non-hydrogen) atoms. The Balaban J connectivity index is 1.77. The Labute approximate surface area is 133 Å². The molecule has 100 valence electrons. The number of hydrogen-bond donors (Lipinski definition) is 1. The number of carbonyl (C=O) groups excluding carboxylic acids is 1. The van der Waals surface area contributed by atoms with Crippen LogP contribution in [0.3, 0.4) is 0 Å². The fourth-order valence-electron chi connectivity index (χ4n) is 1.65. The van der Waals surface area contributed by atoms with Crippen LogP contribution in [0.15, 0.2) is 52.7 Å². The van der Waals surface area contributed by atoms with E-state index in [4.69, 9.17) is 4.42 Å². The smallest absolute Gasteiger partial charge is 0.260 e. The molecule has 1 N–H and O–H groups in total. The van der Waals surface area contributed by atoms with Crippen LogP contribution in [0.25, 0.3) is 11.3 Å². The van der Waals surface area contributed by atoms with E-state index in [9.17, 15) is 4.79 Å². The highest BCUT2D eigenvalue weighted by Crippen LogP contribution is 2.25. The summed E-state index contributed by atoms with van der Waals surface area (Å²) in [7, 11) is 0. The first-order chi connectivity index (χ1) is 9.72. The monoisotopic (exact) mass is 396 g/mol. The molecule has 0 unspecified atom stereocenters. The van der Waals surface area contributed by atoms with E-state index in [2.05, 4.69) is 32.9 Å². The molecule has 0 saturated heterocycles. The molecule has 0 spiro atoms. The normalized spacial score (nSPS) is 10.4. The lowest BCUT2D eigenvalue weighted by Crippen LogP contribution is -2.10. The lowest BCUT2D eigenvalue weighted by molar-refractivity contribution is 0.102. The molecule has 3 rings (SSSR count). The molecule has 0 bridgehead atoms. The number of halogens is 1. The third-order valence-corrected chi connectivity index (χ3v) is 4.12. The van der Waals surface area contributed by atoms with Crippen molar-refractivity contribution in [1.82, 2.24) is 4.98 Å². The molecule has 0 radical (unpaired) electrons. The average molecular weight is 396 g/mol. The SMILES string of the molecule is O=C(Nc1nc(-c2ccc(I)cc2)cs1)c1ccoc1. The van der Waals surface area contributed by atoms with Gasteiger partial charge in [0.05, 0.1) is 17.5 Å². The maximum atomic E-state index is 11.9. The average Bonchev–Trinajstić information content (AvgIpc) is 3.10. The van der Waals surface area contributed by atoms with Gasteiger partial charge in [0.25, 0.3) is 5.91 Å². The van der Waals surface area contributed by atoms with E-state index >= 15 is 0 Å². The Morgan fingerprint density at radius 3 is 2.75 bits per heavy atom. The maximum Gasteiger partial charge on any atom is 0.260 e. The fourth-order valence-corrected chi connectivity index (χ4v) is 2.72. The lowest BCUT2D eigenvalue weighted by Gasteiger charge is -1.98. The highest BCUT2D eigenvalue weighted by Gasteiger charge is 2.10. The van der Waals surface area contributed by atoms with Gasteiger partial charge < -0.3 is 4.42 Å². The van der Waals surface area contributed by atoms with Crippen molar-refractivity contribution in [2.45, 2.75) is 0 Å². The summed E-state index contributed by atoms with van der Waals surface area (Å²) in [6, 6.07) is 9.69. The summed E-state index contributed by atoms with van der Waals surface area (Å²) in [5, 5.41) is 5.25. The molecule has 2 heterocycles. The van der Waals surface area contributed by atoms with Gasteiger partial charge in [-0.2, -0.15) is 0 Å². The highest BCUT2D eigenvalue weighted by atomic mass is 127. The first-order valence-electron chi connectivity index (χ1n) is 5.77. The van der Waals surface area contributed by atoms with Crippen LogP contribution < -0.4 is 5.32 Å². The molecule has 6 heteroatoms. The van der Waals surface area contributed by atoms with Gasteiger partial charge in [-0.25, -0.2) is 4.98 Å². The van der Waals surface area contributed by atoms with E-state index < -0.39 is 0 Å². The van der Waals surface area contributed by atoms with Gasteiger partial charge >= 0.3 is 0 Å². The first kappa shape index (κ1) is 13.3. The van der Waals surface area contributed by atoms with Crippen molar-refractivity contribution < 1.29 is 9.21 Å². The predicted molar refractivity (Wildman–Crippen MR) is 86.9 cm³/mol. The molecule has 0 atom stereocenters. The Morgan fingerprint density at radius 2 is 2.05 bits per heavy atom. The van der Waals surface area contributed by atoms with E-state index in [0.29, 0.717) is 10.7 Å². The van der Waals surface area contributed by atoms with Crippen LogP contribution in [0.2, 0.25) is 0 Å². The van der Waals surface area contributed by atoms with E-state index in [-0.39, 0.29) is 5.91 Å². The second-order valence-electron chi connectivity index (χ2n) is 4.01. The van der Waals surface area contributed by atoms with E-state index in [0.717, 1.165) is 11.3 Å². The van der Waals surface area contributed by atoms with Crippen molar-refractivity contribution in [3.63, 3.8) is 0 Å². The van der Waals surface area contributed by atoms with Crippen LogP contribution in [0.5, 0.6) is 0 Å². The van der Waals surface area contributed by atoms with Crippen molar-refractivity contribution in [1.29, 1.82) is 0 Å². The molecule has 0 aliphatic rings. The summed E-state index contributed by atoms with van der Waals surface area (Å²) in [5.41, 5.74) is 2.37.